The number of fused-ring (bicyclic) bond motifs is 1. The first-order valence-electron chi connectivity index (χ1n) is 10.8. The Morgan fingerprint density at radius 2 is 1.61 bits per heavy atom. The number of carbonyl (C=O) groups is 3. The minimum Gasteiger partial charge on any atom is -0.505 e. The molecule has 0 radical (unpaired) electrons. The Balaban J connectivity index is 1.83. The lowest BCUT2D eigenvalue weighted by Crippen LogP contribution is -2.12. The van der Waals surface area contributed by atoms with Crippen LogP contribution in [0.5, 0.6) is 5.75 Å². The van der Waals surface area contributed by atoms with Gasteiger partial charge in [0.05, 0.1) is 23.9 Å². The zero-order valence-electron chi connectivity index (χ0n) is 19.1. The fourth-order valence-corrected chi connectivity index (χ4v) is 3.60. The van der Waals surface area contributed by atoms with Crippen molar-refractivity contribution >= 4 is 45.5 Å². The lowest BCUT2D eigenvalue weighted by molar-refractivity contribution is 0.0600. The maximum absolute atomic E-state index is 13.0. The molecule has 1 amide bonds. The lowest BCUT2D eigenvalue weighted by Gasteiger charge is -2.11. The quantitative estimate of drug-likeness (QED) is 0.188. The van der Waals surface area contributed by atoms with Crippen molar-refractivity contribution in [1.82, 2.24) is 0 Å². The standard InChI is InChI=1S/C27H21N3O6/c1-36-27(35)17-11-12-20(23(32)15-31)22(14-17)29-30-24-19-10-6-5-7-16(19)13-21(25(24)33)26(34)28-18-8-3-2-4-9-18/h2-14,31,33H,15H2,1H3,(H,28,34)/b30-29+. The molecule has 0 aliphatic heterocycles. The van der Waals surface area contributed by atoms with Gasteiger partial charge in [0.2, 0.25) is 0 Å². The van der Waals surface area contributed by atoms with Gasteiger partial charge in [-0.1, -0.05) is 42.5 Å². The van der Waals surface area contributed by atoms with Crippen molar-refractivity contribution in [1.29, 1.82) is 0 Å². The van der Waals surface area contributed by atoms with E-state index in [0.717, 1.165) is 0 Å². The molecule has 0 aromatic heterocycles. The number of anilines is 1. The number of phenols is 1. The topological polar surface area (TPSA) is 138 Å². The van der Waals surface area contributed by atoms with Crippen molar-refractivity contribution in [2.45, 2.75) is 0 Å². The van der Waals surface area contributed by atoms with Gasteiger partial charge >= 0.3 is 5.97 Å². The van der Waals surface area contributed by atoms with E-state index in [4.69, 9.17) is 4.74 Å². The second-order valence-corrected chi connectivity index (χ2v) is 7.67. The maximum Gasteiger partial charge on any atom is 0.337 e. The third-order valence-electron chi connectivity index (χ3n) is 5.39. The second kappa shape index (κ2) is 10.6. The summed E-state index contributed by atoms with van der Waals surface area (Å²) >= 11 is 0. The van der Waals surface area contributed by atoms with E-state index in [1.165, 1.54) is 25.3 Å². The van der Waals surface area contributed by atoms with Gasteiger partial charge in [-0.15, -0.1) is 10.2 Å². The van der Waals surface area contributed by atoms with Crippen molar-refractivity contribution in [3.63, 3.8) is 0 Å². The Labute approximate surface area is 205 Å². The van der Waals surface area contributed by atoms with E-state index in [1.807, 2.05) is 6.07 Å². The molecule has 0 bridgehead atoms. The summed E-state index contributed by atoms with van der Waals surface area (Å²) in [7, 11) is 1.21. The molecule has 4 rings (SSSR count). The summed E-state index contributed by atoms with van der Waals surface area (Å²) in [6, 6.07) is 21.3. The van der Waals surface area contributed by atoms with Gasteiger partial charge in [-0.05, 0) is 41.8 Å². The predicted octanol–water partition coefficient (Wildman–Crippen LogP) is 5.17. The number of rotatable bonds is 7. The van der Waals surface area contributed by atoms with Crippen LogP contribution < -0.4 is 5.32 Å². The third kappa shape index (κ3) is 4.96. The molecule has 4 aromatic rings. The number of esters is 1. The van der Waals surface area contributed by atoms with Crippen molar-refractivity contribution in [2.24, 2.45) is 10.2 Å². The average Bonchev–Trinajstić information content (AvgIpc) is 2.91. The molecule has 0 fully saturated rings. The molecule has 0 atom stereocenters. The fourth-order valence-electron chi connectivity index (χ4n) is 3.60. The first-order valence-corrected chi connectivity index (χ1v) is 10.8. The van der Waals surface area contributed by atoms with Crippen LogP contribution in [0.15, 0.2) is 89.1 Å². The van der Waals surface area contributed by atoms with Crippen LogP contribution in [-0.4, -0.2) is 41.6 Å². The summed E-state index contributed by atoms with van der Waals surface area (Å²) in [5, 5.41) is 32.5. The van der Waals surface area contributed by atoms with Crippen LogP contribution in [0.4, 0.5) is 17.1 Å². The highest BCUT2D eigenvalue weighted by molar-refractivity contribution is 6.11. The van der Waals surface area contributed by atoms with Crippen molar-refractivity contribution in [2.75, 3.05) is 19.0 Å². The summed E-state index contributed by atoms with van der Waals surface area (Å²) in [4.78, 5) is 37.2. The van der Waals surface area contributed by atoms with Crippen molar-refractivity contribution in [3.05, 3.63) is 95.6 Å². The second-order valence-electron chi connectivity index (χ2n) is 7.67. The number of nitrogens with one attached hydrogen (secondary N) is 1. The summed E-state index contributed by atoms with van der Waals surface area (Å²) in [5.74, 6) is -2.25. The molecule has 36 heavy (non-hydrogen) atoms. The normalized spacial score (nSPS) is 10.9. The van der Waals surface area contributed by atoms with E-state index >= 15 is 0 Å². The predicted molar refractivity (Wildman–Crippen MR) is 133 cm³/mol. The Hall–Kier alpha value is -4.89. The van der Waals surface area contributed by atoms with Crippen LogP contribution >= 0.6 is 0 Å². The van der Waals surface area contributed by atoms with Gasteiger partial charge in [0.25, 0.3) is 5.91 Å². The number of hydrogen-bond donors (Lipinski definition) is 3. The molecule has 0 aliphatic rings. The molecule has 9 nitrogen and oxygen atoms in total. The van der Waals surface area contributed by atoms with E-state index in [1.54, 1.807) is 54.6 Å². The number of nitrogens with zero attached hydrogens (tertiary/aromatic N) is 2. The Bertz CT molecular complexity index is 1500. The number of Topliss-reactive ketones (excluding diaryl/α,β-unsaturated/α-hetero) is 1. The van der Waals surface area contributed by atoms with E-state index in [9.17, 15) is 24.6 Å². The lowest BCUT2D eigenvalue weighted by atomic mass is 10.0. The van der Waals surface area contributed by atoms with Crippen molar-refractivity contribution < 1.29 is 29.3 Å². The zero-order chi connectivity index (χ0) is 25.7. The molecule has 0 heterocycles. The number of para-hydroxylation sites is 1. The van der Waals surface area contributed by atoms with Crippen LogP contribution in [-0.2, 0) is 4.74 Å². The minimum absolute atomic E-state index is 0.00261. The Kier molecular flexibility index (Phi) is 7.12. The number of methoxy groups -OCH3 is 1. The summed E-state index contributed by atoms with van der Waals surface area (Å²) in [6.45, 7) is -0.774. The highest BCUT2D eigenvalue weighted by Gasteiger charge is 2.19. The number of carbonyl (C=O) groups excluding carboxylic acids is 3. The smallest absolute Gasteiger partial charge is 0.337 e. The van der Waals surface area contributed by atoms with Crippen LogP contribution in [0.2, 0.25) is 0 Å². The number of amides is 1. The monoisotopic (exact) mass is 483 g/mol. The van der Waals surface area contributed by atoms with Crippen LogP contribution in [0.25, 0.3) is 10.8 Å². The Morgan fingerprint density at radius 1 is 0.889 bits per heavy atom. The molecular formula is C27H21N3O6. The molecule has 4 aromatic carbocycles. The summed E-state index contributed by atoms with van der Waals surface area (Å²) < 4.78 is 4.72. The van der Waals surface area contributed by atoms with Gasteiger partial charge in [-0.25, -0.2) is 4.79 Å². The third-order valence-corrected chi connectivity index (χ3v) is 5.39. The highest BCUT2D eigenvalue weighted by atomic mass is 16.5. The van der Waals surface area contributed by atoms with Gasteiger partial charge in [0, 0.05) is 16.6 Å². The molecule has 0 saturated heterocycles. The molecule has 0 spiro atoms. The van der Waals surface area contributed by atoms with Crippen LogP contribution in [0, 0.1) is 0 Å². The number of benzene rings is 4. The Morgan fingerprint density at radius 3 is 2.33 bits per heavy atom. The van der Waals surface area contributed by atoms with Gasteiger partial charge in [-0.2, -0.15) is 0 Å². The summed E-state index contributed by atoms with van der Waals surface area (Å²) in [5.41, 5.74) is 0.643. The number of aromatic hydroxyl groups is 1. The van der Waals surface area contributed by atoms with E-state index in [-0.39, 0.29) is 28.1 Å². The first-order chi connectivity index (χ1) is 17.4. The van der Waals surface area contributed by atoms with E-state index < -0.39 is 30.0 Å². The number of phenolic OH excluding ortho intramolecular Hbond substituents is 1. The molecule has 0 saturated carbocycles. The van der Waals surface area contributed by atoms with Gasteiger partial charge in [0.15, 0.2) is 11.5 Å². The minimum atomic E-state index is -0.774. The molecule has 0 unspecified atom stereocenters. The van der Waals surface area contributed by atoms with Crippen molar-refractivity contribution in [3.8, 4) is 5.75 Å². The number of aliphatic hydroxyl groups excluding tert-OH is 1. The molecule has 0 aliphatic carbocycles. The largest absolute Gasteiger partial charge is 0.505 e. The highest BCUT2D eigenvalue weighted by Crippen LogP contribution is 2.40. The zero-order valence-corrected chi connectivity index (χ0v) is 19.1. The molecule has 3 N–H and O–H groups in total. The van der Waals surface area contributed by atoms with Gasteiger partial charge < -0.3 is 20.3 Å². The number of ether oxygens (including phenoxy) is 1. The van der Waals surface area contributed by atoms with Gasteiger partial charge in [0.1, 0.15) is 12.3 Å². The maximum atomic E-state index is 13.0. The molecular weight excluding hydrogens is 462 g/mol. The molecule has 9 heteroatoms. The van der Waals surface area contributed by atoms with E-state index in [2.05, 4.69) is 15.5 Å². The molecule has 180 valence electrons. The number of ketones is 1. The fraction of sp³-hybridized carbons (Fsp3) is 0.0741. The number of aliphatic hydroxyl groups is 1. The summed E-state index contributed by atoms with van der Waals surface area (Å²) in [6.07, 6.45) is 0. The average molecular weight is 483 g/mol. The number of hydrogen-bond acceptors (Lipinski definition) is 8. The SMILES string of the molecule is COC(=O)c1ccc(C(=O)CO)c(/N=N/c2c(O)c(C(=O)Nc3ccccc3)cc3ccccc23)c1. The van der Waals surface area contributed by atoms with Gasteiger partial charge in [-0.3, -0.25) is 9.59 Å². The number of azo groups is 1. The van der Waals surface area contributed by atoms with Crippen LogP contribution in [0.1, 0.15) is 31.1 Å². The first kappa shape index (κ1) is 24.2. The van der Waals surface area contributed by atoms with Crippen LogP contribution in [0.3, 0.4) is 0 Å². The van der Waals surface area contributed by atoms with E-state index in [0.29, 0.717) is 16.5 Å².